The van der Waals surface area contributed by atoms with Crippen LogP contribution in [0.5, 0.6) is 0 Å². The van der Waals surface area contributed by atoms with Crippen LogP contribution >= 0.6 is 0 Å². The summed E-state index contributed by atoms with van der Waals surface area (Å²) in [6, 6.07) is 0. The third-order valence-corrected chi connectivity index (χ3v) is 5.07. The van der Waals surface area contributed by atoms with Gasteiger partial charge < -0.3 is 4.74 Å². The van der Waals surface area contributed by atoms with Crippen molar-refractivity contribution in [3.05, 3.63) is 0 Å². The van der Waals surface area contributed by atoms with E-state index in [2.05, 4.69) is 30.6 Å². The van der Waals surface area contributed by atoms with Gasteiger partial charge in [-0.3, -0.25) is 14.0 Å². The Morgan fingerprint density at radius 1 is 1.23 bits per heavy atom. The molecular formula is C15H30N2O4S. The molecule has 7 heteroatoms. The van der Waals surface area contributed by atoms with Gasteiger partial charge in [0.1, 0.15) is 0 Å². The highest BCUT2D eigenvalue weighted by Crippen LogP contribution is 2.25. The normalized spacial score (nSPS) is 26.6. The lowest BCUT2D eigenvalue weighted by molar-refractivity contribution is 0.0496. The maximum Gasteiger partial charge on any atom is 0.264 e. The Hall–Kier alpha value is -0.210. The summed E-state index contributed by atoms with van der Waals surface area (Å²) >= 11 is 0. The second-order valence-corrected chi connectivity index (χ2v) is 9.19. The average Bonchev–Trinajstić information content (AvgIpc) is 2.83. The molecule has 0 bridgehead atoms. The quantitative estimate of drug-likeness (QED) is 0.703. The average molecular weight is 334 g/mol. The summed E-state index contributed by atoms with van der Waals surface area (Å²) in [7, 11) is -3.38. The predicted octanol–water partition coefficient (Wildman–Crippen LogP) is 1.13. The fraction of sp³-hybridized carbons (Fsp3) is 1.00. The standard InChI is InChI=1S/C15H30N2O4S/c1-15(2,3)17-7-5-13(6-8-17)9-16-10-14(20-12-16)11-21-22(4,18)19/h13-14H,5-12H2,1-4H3. The lowest BCUT2D eigenvalue weighted by atomic mass is 9.92. The summed E-state index contributed by atoms with van der Waals surface area (Å²) in [6.07, 6.45) is 3.38. The van der Waals surface area contributed by atoms with Crippen molar-refractivity contribution >= 4 is 10.1 Å². The zero-order valence-electron chi connectivity index (χ0n) is 14.2. The highest BCUT2D eigenvalue weighted by Gasteiger charge is 2.30. The van der Waals surface area contributed by atoms with E-state index in [1.54, 1.807) is 0 Å². The lowest BCUT2D eigenvalue weighted by Gasteiger charge is -2.41. The number of likely N-dealkylation sites (tertiary alicyclic amines) is 1. The first-order chi connectivity index (χ1) is 10.1. The van der Waals surface area contributed by atoms with Gasteiger partial charge in [0.15, 0.2) is 0 Å². The zero-order chi connectivity index (χ0) is 16.4. The van der Waals surface area contributed by atoms with Gasteiger partial charge in [-0.15, -0.1) is 0 Å². The summed E-state index contributed by atoms with van der Waals surface area (Å²) in [4.78, 5) is 4.82. The van der Waals surface area contributed by atoms with Gasteiger partial charge in [0.2, 0.25) is 0 Å². The van der Waals surface area contributed by atoms with Gasteiger partial charge in [-0.1, -0.05) is 0 Å². The molecule has 0 aromatic carbocycles. The fourth-order valence-electron chi connectivity index (χ4n) is 3.18. The maximum absolute atomic E-state index is 11.0. The van der Waals surface area contributed by atoms with Gasteiger partial charge >= 0.3 is 0 Å². The molecule has 22 heavy (non-hydrogen) atoms. The Morgan fingerprint density at radius 2 is 1.86 bits per heavy atom. The summed E-state index contributed by atoms with van der Waals surface area (Å²) in [5, 5.41) is 0. The van der Waals surface area contributed by atoms with Crippen LogP contribution in [0.3, 0.4) is 0 Å². The van der Waals surface area contributed by atoms with Crippen molar-refractivity contribution < 1.29 is 17.3 Å². The monoisotopic (exact) mass is 334 g/mol. The fourth-order valence-corrected chi connectivity index (χ4v) is 3.58. The first-order valence-corrected chi connectivity index (χ1v) is 9.88. The minimum Gasteiger partial charge on any atom is -0.359 e. The number of rotatable bonds is 5. The molecule has 0 aromatic rings. The van der Waals surface area contributed by atoms with Crippen LogP contribution in [0.1, 0.15) is 33.6 Å². The Labute approximate surface area is 134 Å². The maximum atomic E-state index is 11.0. The minimum absolute atomic E-state index is 0.123. The molecule has 0 radical (unpaired) electrons. The molecule has 0 aliphatic carbocycles. The van der Waals surface area contributed by atoms with Crippen molar-refractivity contribution in [1.82, 2.24) is 9.80 Å². The Kier molecular flexibility index (Phi) is 5.88. The van der Waals surface area contributed by atoms with Gasteiger partial charge in [0.05, 0.1) is 25.7 Å². The number of ether oxygens (including phenoxy) is 1. The van der Waals surface area contributed by atoms with Crippen LogP contribution in [0.2, 0.25) is 0 Å². The molecule has 2 rings (SSSR count). The largest absolute Gasteiger partial charge is 0.359 e. The van der Waals surface area contributed by atoms with Crippen molar-refractivity contribution in [3.8, 4) is 0 Å². The van der Waals surface area contributed by atoms with Gasteiger partial charge in [-0.2, -0.15) is 8.42 Å². The molecule has 1 unspecified atom stereocenters. The number of piperidine rings is 1. The van der Waals surface area contributed by atoms with Crippen molar-refractivity contribution in [2.24, 2.45) is 5.92 Å². The molecular weight excluding hydrogens is 304 g/mol. The molecule has 0 saturated carbocycles. The minimum atomic E-state index is -3.38. The molecule has 2 heterocycles. The molecule has 2 saturated heterocycles. The molecule has 2 fully saturated rings. The predicted molar refractivity (Wildman–Crippen MR) is 86.2 cm³/mol. The summed E-state index contributed by atoms with van der Waals surface area (Å²) < 4.78 is 32.4. The van der Waals surface area contributed by atoms with E-state index in [4.69, 9.17) is 8.92 Å². The molecule has 2 aliphatic rings. The number of nitrogens with zero attached hydrogens (tertiary/aromatic N) is 2. The molecule has 0 amide bonds. The second kappa shape index (κ2) is 7.13. The summed E-state index contributed by atoms with van der Waals surface area (Å²) in [6.45, 7) is 11.6. The lowest BCUT2D eigenvalue weighted by Crippen LogP contribution is -2.47. The van der Waals surface area contributed by atoms with E-state index < -0.39 is 10.1 Å². The van der Waals surface area contributed by atoms with Crippen LogP contribution < -0.4 is 0 Å². The van der Waals surface area contributed by atoms with E-state index in [9.17, 15) is 8.42 Å². The molecule has 0 spiro atoms. The molecule has 1 atom stereocenters. The molecule has 6 nitrogen and oxygen atoms in total. The SMILES string of the molecule is CC(C)(C)N1CCC(CN2COC(COS(C)(=O)=O)C2)CC1. The highest BCUT2D eigenvalue weighted by atomic mass is 32.2. The van der Waals surface area contributed by atoms with E-state index >= 15 is 0 Å². The number of hydrogen-bond donors (Lipinski definition) is 0. The molecule has 0 N–H and O–H groups in total. The van der Waals surface area contributed by atoms with E-state index in [1.165, 1.54) is 12.8 Å². The van der Waals surface area contributed by atoms with E-state index in [1.807, 2.05) is 0 Å². The van der Waals surface area contributed by atoms with E-state index in [0.717, 1.165) is 32.4 Å². The first kappa shape index (κ1) is 18.1. The van der Waals surface area contributed by atoms with Gasteiger partial charge in [-0.25, -0.2) is 0 Å². The van der Waals surface area contributed by atoms with Crippen molar-refractivity contribution in [2.75, 3.05) is 45.8 Å². The van der Waals surface area contributed by atoms with Gasteiger partial charge in [-0.05, 0) is 52.6 Å². The summed E-state index contributed by atoms with van der Waals surface area (Å²) in [5.74, 6) is 0.705. The third kappa shape index (κ3) is 5.77. The Morgan fingerprint density at radius 3 is 2.41 bits per heavy atom. The van der Waals surface area contributed by atoms with Crippen LogP contribution in [0.15, 0.2) is 0 Å². The molecule has 2 aliphatic heterocycles. The highest BCUT2D eigenvalue weighted by molar-refractivity contribution is 7.85. The molecule has 0 aromatic heterocycles. The second-order valence-electron chi connectivity index (χ2n) is 7.54. The van der Waals surface area contributed by atoms with E-state index in [-0.39, 0.29) is 18.2 Å². The van der Waals surface area contributed by atoms with Crippen molar-refractivity contribution in [1.29, 1.82) is 0 Å². The number of hydrogen-bond acceptors (Lipinski definition) is 6. The van der Waals surface area contributed by atoms with Crippen LogP contribution in [0, 0.1) is 5.92 Å². The van der Waals surface area contributed by atoms with Gasteiger partial charge in [0, 0.05) is 18.6 Å². The van der Waals surface area contributed by atoms with Crippen molar-refractivity contribution in [2.45, 2.75) is 45.3 Å². The van der Waals surface area contributed by atoms with Crippen LogP contribution in [0.4, 0.5) is 0 Å². The molecule has 130 valence electrons. The smallest absolute Gasteiger partial charge is 0.264 e. The Bertz CT molecular complexity index is 453. The van der Waals surface area contributed by atoms with Crippen LogP contribution in [-0.4, -0.2) is 75.6 Å². The van der Waals surface area contributed by atoms with Gasteiger partial charge in [0.25, 0.3) is 10.1 Å². The topological polar surface area (TPSA) is 59.1 Å². The third-order valence-electron chi connectivity index (χ3n) is 4.50. The summed E-state index contributed by atoms with van der Waals surface area (Å²) in [5.41, 5.74) is 0.260. The van der Waals surface area contributed by atoms with Crippen LogP contribution in [-0.2, 0) is 19.0 Å². The van der Waals surface area contributed by atoms with E-state index in [0.29, 0.717) is 12.6 Å². The Balaban J connectivity index is 1.69. The first-order valence-electron chi connectivity index (χ1n) is 8.07. The van der Waals surface area contributed by atoms with Crippen LogP contribution in [0.25, 0.3) is 0 Å². The van der Waals surface area contributed by atoms with Crippen molar-refractivity contribution in [3.63, 3.8) is 0 Å². The zero-order valence-corrected chi connectivity index (χ0v) is 15.1.